The Balaban J connectivity index is 1.58. The zero-order valence-electron chi connectivity index (χ0n) is 27.5. The first-order chi connectivity index (χ1) is 21.3. The Bertz CT molecular complexity index is 1790. The molecule has 0 saturated carbocycles. The third kappa shape index (κ3) is 8.63. The number of aromatic nitrogens is 2. The predicted molar refractivity (Wildman–Crippen MR) is 190 cm³/mol. The van der Waals surface area contributed by atoms with E-state index in [1.54, 1.807) is 45.2 Å². The number of anilines is 2. The first-order valence-corrected chi connectivity index (χ1v) is 20.0. The van der Waals surface area contributed by atoms with Gasteiger partial charge in [0.25, 0.3) is 10.0 Å². The largest absolute Gasteiger partial charge is 0.459 e. The summed E-state index contributed by atoms with van der Waals surface area (Å²) in [5, 5.41) is 4.59. The lowest BCUT2D eigenvalue weighted by Gasteiger charge is -2.36. The number of nitrogens with zero attached hydrogens (tertiary/aromatic N) is 3. The van der Waals surface area contributed by atoms with Gasteiger partial charge in [0.2, 0.25) is 0 Å². The van der Waals surface area contributed by atoms with E-state index in [1.807, 2.05) is 29.0 Å². The SMILES string of the molecule is CC(C)(C)OC(=O)CN(c1ccc2c(ccn2-c2ccc(NCCO[Si](C)(C)C(C)(C)C)cn2)c1)S(=O)(=O)c1cc(Cl)cc(Cl)c1. The third-order valence-corrected chi connectivity index (χ3v) is 14.5. The highest BCUT2D eigenvalue weighted by molar-refractivity contribution is 7.92. The minimum Gasteiger partial charge on any atom is -0.459 e. The molecule has 2 heterocycles. The van der Waals surface area contributed by atoms with Gasteiger partial charge in [-0.05, 0) is 93.5 Å². The number of fused-ring (bicyclic) bond motifs is 1. The highest BCUT2D eigenvalue weighted by Gasteiger charge is 2.37. The maximum absolute atomic E-state index is 13.9. The molecule has 9 nitrogen and oxygen atoms in total. The topological polar surface area (TPSA) is 103 Å². The molecule has 2 aromatic carbocycles. The number of halogens is 2. The lowest BCUT2D eigenvalue weighted by Crippen LogP contribution is -2.41. The van der Waals surface area contributed by atoms with Crippen LogP contribution in [0.15, 0.2) is 71.9 Å². The van der Waals surface area contributed by atoms with E-state index in [4.69, 9.17) is 32.4 Å². The molecule has 0 atom stereocenters. The van der Waals surface area contributed by atoms with Crippen LogP contribution >= 0.6 is 23.2 Å². The van der Waals surface area contributed by atoms with Crippen molar-refractivity contribution >= 4 is 69.8 Å². The van der Waals surface area contributed by atoms with Crippen molar-refractivity contribution in [2.75, 3.05) is 29.3 Å². The molecule has 0 radical (unpaired) electrons. The van der Waals surface area contributed by atoms with Crippen molar-refractivity contribution < 1.29 is 22.4 Å². The van der Waals surface area contributed by atoms with Crippen molar-refractivity contribution in [2.24, 2.45) is 0 Å². The summed E-state index contributed by atoms with van der Waals surface area (Å²) < 4.78 is 42.4. The van der Waals surface area contributed by atoms with Gasteiger partial charge in [0.15, 0.2) is 8.32 Å². The van der Waals surface area contributed by atoms with E-state index in [1.165, 1.54) is 18.2 Å². The average molecular weight is 706 g/mol. The summed E-state index contributed by atoms with van der Waals surface area (Å²) in [6.07, 6.45) is 3.63. The summed E-state index contributed by atoms with van der Waals surface area (Å²) in [5.41, 5.74) is 1.16. The number of ether oxygens (including phenoxy) is 1. The van der Waals surface area contributed by atoms with Gasteiger partial charge in [0.1, 0.15) is 18.0 Å². The minimum atomic E-state index is -4.26. The van der Waals surface area contributed by atoms with Crippen LogP contribution in [0.4, 0.5) is 11.4 Å². The smallest absolute Gasteiger partial charge is 0.327 e. The monoisotopic (exact) mass is 704 g/mol. The van der Waals surface area contributed by atoms with Crippen LogP contribution in [0.3, 0.4) is 0 Å². The molecule has 46 heavy (non-hydrogen) atoms. The lowest BCUT2D eigenvalue weighted by atomic mass is 10.2. The molecular formula is C33H42Cl2N4O5SSi. The van der Waals surface area contributed by atoms with E-state index in [0.717, 1.165) is 20.9 Å². The molecule has 248 valence electrons. The molecule has 4 aromatic rings. The number of hydrogen-bond acceptors (Lipinski definition) is 7. The number of carbonyl (C=O) groups excluding carboxylic acids is 1. The molecule has 0 aliphatic carbocycles. The van der Waals surface area contributed by atoms with E-state index >= 15 is 0 Å². The van der Waals surface area contributed by atoms with Crippen molar-refractivity contribution in [3.63, 3.8) is 0 Å². The van der Waals surface area contributed by atoms with Crippen LogP contribution in [-0.4, -0.2) is 57.6 Å². The highest BCUT2D eigenvalue weighted by atomic mass is 35.5. The van der Waals surface area contributed by atoms with E-state index in [0.29, 0.717) is 19.0 Å². The van der Waals surface area contributed by atoms with Crippen LogP contribution in [0.1, 0.15) is 41.5 Å². The zero-order chi connectivity index (χ0) is 34.1. The average Bonchev–Trinajstić information content (AvgIpc) is 3.35. The predicted octanol–water partition coefficient (Wildman–Crippen LogP) is 8.30. The van der Waals surface area contributed by atoms with E-state index in [9.17, 15) is 13.2 Å². The second-order valence-corrected chi connectivity index (χ2v) is 21.1. The van der Waals surface area contributed by atoms with Crippen LogP contribution in [-0.2, 0) is 24.0 Å². The Labute approximate surface area is 283 Å². The Morgan fingerprint density at radius 1 is 0.978 bits per heavy atom. The van der Waals surface area contributed by atoms with Crippen molar-refractivity contribution in [1.29, 1.82) is 0 Å². The van der Waals surface area contributed by atoms with Gasteiger partial charge >= 0.3 is 5.97 Å². The number of benzene rings is 2. The highest BCUT2D eigenvalue weighted by Crippen LogP contribution is 2.36. The van der Waals surface area contributed by atoms with Crippen molar-refractivity contribution in [3.8, 4) is 5.82 Å². The Morgan fingerprint density at radius 2 is 1.65 bits per heavy atom. The Hall–Kier alpha value is -3.09. The van der Waals surface area contributed by atoms with Crippen LogP contribution < -0.4 is 9.62 Å². The number of rotatable bonds is 11. The fourth-order valence-corrected chi connectivity index (χ4v) is 7.62. The minimum absolute atomic E-state index is 0.143. The maximum Gasteiger partial charge on any atom is 0.327 e. The van der Waals surface area contributed by atoms with E-state index in [-0.39, 0.29) is 25.7 Å². The third-order valence-electron chi connectivity index (χ3n) is 7.77. The standard InChI is InChI=1S/C33H42Cl2N4O5SSi/c1-32(2,3)44-31(40)22-39(45(41,42)28-19-24(34)18-25(35)20-28)27-10-11-29-23(17-27)13-15-38(29)30-12-9-26(21-37-30)36-14-16-43-46(7,8)33(4,5)6/h9-13,15,17-21,36H,14,16,22H2,1-8H3. The molecule has 0 unspecified atom stereocenters. The summed E-state index contributed by atoms with van der Waals surface area (Å²) in [4.78, 5) is 17.4. The Morgan fingerprint density at radius 3 is 2.24 bits per heavy atom. The number of esters is 1. The molecular weight excluding hydrogens is 663 g/mol. The van der Waals surface area contributed by atoms with E-state index in [2.05, 4.69) is 44.2 Å². The van der Waals surface area contributed by atoms with E-state index < -0.39 is 36.5 Å². The van der Waals surface area contributed by atoms with Crippen LogP contribution in [0, 0.1) is 0 Å². The van der Waals surface area contributed by atoms with Gasteiger partial charge in [-0.2, -0.15) is 0 Å². The van der Waals surface area contributed by atoms with Crippen LogP contribution in [0.25, 0.3) is 16.7 Å². The Kier molecular flexibility index (Phi) is 10.5. The van der Waals surface area contributed by atoms with Crippen LogP contribution in [0.5, 0.6) is 0 Å². The quantitative estimate of drug-likeness (QED) is 0.0952. The second kappa shape index (κ2) is 13.6. The molecule has 0 bridgehead atoms. The zero-order valence-corrected chi connectivity index (χ0v) is 30.8. The number of sulfonamides is 1. The number of nitrogens with one attached hydrogen (secondary N) is 1. The molecule has 2 aromatic heterocycles. The second-order valence-electron chi connectivity index (χ2n) is 13.6. The number of carbonyl (C=O) groups is 1. The van der Waals surface area contributed by atoms with Gasteiger partial charge in [-0.3, -0.25) is 9.10 Å². The molecule has 0 spiro atoms. The maximum atomic E-state index is 13.9. The van der Waals surface area contributed by atoms with Gasteiger partial charge in [0.05, 0.1) is 34.6 Å². The lowest BCUT2D eigenvalue weighted by molar-refractivity contribution is -0.152. The van der Waals surface area contributed by atoms with Crippen LogP contribution in [0.2, 0.25) is 28.2 Å². The molecule has 1 N–H and O–H groups in total. The summed E-state index contributed by atoms with van der Waals surface area (Å²) in [6.45, 7) is 17.0. The number of pyridine rings is 1. The fraction of sp³-hybridized carbons (Fsp3) is 0.394. The summed E-state index contributed by atoms with van der Waals surface area (Å²) in [5.74, 6) is -0.0102. The van der Waals surface area contributed by atoms with Crippen molar-refractivity contribution in [1.82, 2.24) is 9.55 Å². The van der Waals surface area contributed by atoms with Crippen molar-refractivity contribution in [3.05, 3.63) is 77.0 Å². The van der Waals surface area contributed by atoms with Gasteiger partial charge in [0, 0.05) is 28.2 Å². The molecule has 0 amide bonds. The van der Waals surface area contributed by atoms with Crippen molar-refractivity contribution in [2.45, 2.75) is 70.2 Å². The molecule has 0 saturated heterocycles. The molecule has 0 aliphatic heterocycles. The first-order valence-electron chi connectivity index (χ1n) is 14.9. The molecule has 4 rings (SSSR count). The fourth-order valence-electron chi connectivity index (χ4n) is 4.45. The van der Waals surface area contributed by atoms with Gasteiger partial charge in [-0.15, -0.1) is 0 Å². The summed E-state index contributed by atoms with van der Waals surface area (Å²) in [7, 11) is -6.07. The normalized spacial score (nSPS) is 12.7. The molecule has 0 fully saturated rings. The van der Waals surface area contributed by atoms with Gasteiger partial charge in [-0.25, -0.2) is 13.4 Å². The molecule has 0 aliphatic rings. The summed E-state index contributed by atoms with van der Waals surface area (Å²) in [6, 6.07) is 14.9. The first kappa shape index (κ1) is 35.8. The number of hydrogen-bond donors (Lipinski definition) is 1. The van der Waals surface area contributed by atoms with Gasteiger partial charge in [-0.1, -0.05) is 44.0 Å². The summed E-state index contributed by atoms with van der Waals surface area (Å²) >= 11 is 12.3. The van der Waals surface area contributed by atoms with Gasteiger partial charge < -0.3 is 19.0 Å². The molecule has 13 heteroatoms.